The molecule has 0 amide bonds. The van der Waals surface area contributed by atoms with E-state index in [1.807, 2.05) is 12.1 Å². The highest BCUT2D eigenvalue weighted by Crippen LogP contribution is 2.22. The van der Waals surface area contributed by atoms with Crippen molar-refractivity contribution in [1.29, 1.82) is 0 Å². The van der Waals surface area contributed by atoms with Crippen molar-refractivity contribution in [3.05, 3.63) is 54.2 Å². The Kier molecular flexibility index (Phi) is 6.93. The molecule has 0 radical (unpaired) electrons. The number of nitrogens with zero attached hydrogens (tertiary/aromatic N) is 4. The van der Waals surface area contributed by atoms with Crippen molar-refractivity contribution >= 4 is 28.2 Å². The van der Waals surface area contributed by atoms with Crippen molar-refractivity contribution in [2.45, 2.75) is 24.3 Å². The summed E-state index contributed by atoms with van der Waals surface area (Å²) in [5, 5.41) is 0. The van der Waals surface area contributed by atoms with Crippen LogP contribution in [0.1, 0.15) is 18.4 Å². The van der Waals surface area contributed by atoms with Crippen molar-refractivity contribution in [3.63, 3.8) is 0 Å². The van der Waals surface area contributed by atoms with Crippen LogP contribution in [0.5, 0.6) is 0 Å². The maximum absolute atomic E-state index is 12.6. The van der Waals surface area contributed by atoms with Gasteiger partial charge in [0.2, 0.25) is 10.0 Å². The van der Waals surface area contributed by atoms with Crippen LogP contribution in [-0.4, -0.2) is 61.9 Å². The van der Waals surface area contributed by atoms with Crippen molar-refractivity contribution < 1.29 is 8.42 Å². The van der Waals surface area contributed by atoms with E-state index in [0.29, 0.717) is 18.0 Å². The Labute approximate surface area is 173 Å². The molecule has 2 aliphatic rings. The molecule has 0 bridgehead atoms. The van der Waals surface area contributed by atoms with Gasteiger partial charge in [0.25, 0.3) is 0 Å². The zero-order valence-electron chi connectivity index (χ0n) is 15.9. The van der Waals surface area contributed by atoms with Crippen LogP contribution < -0.4 is 4.90 Å². The van der Waals surface area contributed by atoms with Gasteiger partial charge in [-0.1, -0.05) is 30.3 Å². The van der Waals surface area contributed by atoms with Crippen molar-refractivity contribution in [2.24, 2.45) is 0 Å². The van der Waals surface area contributed by atoms with Gasteiger partial charge >= 0.3 is 0 Å². The predicted octanol–water partition coefficient (Wildman–Crippen LogP) is 2.61. The molecule has 152 valence electrons. The molecule has 2 saturated heterocycles. The van der Waals surface area contributed by atoms with Crippen LogP contribution in [0.4, 0.5) is 5.82 Å². The molecule has 0 spiro atoms. The van der Waals surface area contributed by atoms with Crippen molar-refractivity contribution in [2.75, 3.05) is 44.2 Å². The van der Waals surface area contributed by atoms with E-state index >= 15 is 0 Å². The zero-order chi connectivity index (χ0) is 18.7. The Bertz CT molecular complexity index is 848. The standard InChI is InChI=1S/C20H26N4O2S.ClH/c25-27(26,24-10-4-5-11-24)19-8-9-20(21-16-19)23-14-12-22(13-15-23)17-18-6-2-1-3-7-18;/h1-3,6-9,16H,4-5,10-15,17H2;1H. The number of anilines is 1. The van der Waals surface area contributed by atoms with Gasteiger partial charge in [-0.25, -0.2) is 13.4 Å². The van der Waals surface area contributed by atoms with Gasteiger partial charge in [-0.3, -0.25) is 4.90 Å². The molecule has 0 unspecified atom stereocenters. The fourth-order valence-electron chi connectivity index (χ4n) is 3.77. The highest BCUT2D eigenvalue weighted by atomic mass is 35.5. The lowest BCUT2D eigenvalue weighted by Crippen LogP contribution is -2.46. The minimum absolute atomic E-state index is 0. The monoisotopic (exact) mass is 422 g/mol. The second-order valence-corrected chi connectivity index (χ2v) is 9.15. The van der Waals surface area contributed by atoms with Gasteiger partial charge < -0.3 is 4.90 Å². The average Bonchev–Trinajstić information content (AvgIpc) is 3.25. The van der Waals surface area contributed by atoms with E-state index in [1.165, 1.54) is 11.8 Å². The molecule has 4 rings (SSSR count). The second-order valence-electron chi connectivity index (χ2n) is 7.21. The SMILES string of the molecule is Cl.O=S(=O)(c1ccc(N2CCN(Cc3ccccc3)CC2)nc1)N1CCCC1. The van der Waals surface area contributed by atoms with Gasteiger partial charge in [0.15, 0.2) is 0 Å². The Morgan fingerprint density at radius 2 is 1.54 bits per heavy atom. The zero-order valence-corrected chi connectivity index (χ0v) is 17.5. The molecule has 0 saturated carbocycles. The highest BCUT2D eigenvalue weighted by molar-refractivity contribution is 7.89. The Morgan fingerprint density at radius 3 is 2.14 bits per heavy atom. The number of sulfonamides is 1. The van der Waals surface area contributed by atoms with E-state index < -0.39 is 10.0 Å². The lowest BCUT2D eigenvalue weighted by Gasteiger charge is -2.35. The van der Waals surface area contributed by atoms with E-state index in [-0.39, 0.29) is 12.4 Å². The number of benzene rings is 1. The third-order valence-corrected chi connectivity index (χ3v) is 7.25. The topological polar surface area (TPSA) is 56.8 Å². The van der Waals surface area contributed by atoms with Crippen LogP contribution >= 0.6 is 12.4 Å². The molecule has 8 heteroatoms. The van der Waals surface area contributed by atoms with Crippen LogP contribution in [-0.2, 0) is 16.6 Å². The summed E-state index contributed by atoms with van der Waals surface area (Å²) in [7, 11) is -3.39. The number of aromatic nitrogens is 1. The van der Waals surface area contributed by atoms with E-state index in [1.54, 1.807) is 10.4 Å². The molecule has 1 aromatic heterocycles. The van der Waals surface area contributed by atoms with Gasteiger partial charge in [0.05, 0.1) is 0 Å². The molecule has 6 nitrogen and oxygen atoms in total. The Morgan fingerprint density at radius 1 is 0.857 bits per heavy atom. The summed E-state index contributed by atoms with van der Waals surface area (Å²) in [6.45, 7) is 5.96. The summed E-state index contributed by atoms with van der Waals surface area (Å²) in [6, 6.07) is 14.1. The summed E-state index contributed by atoms with van der Waals surface area (Å²) in [5.74, 6) is 0.856. The maximum Gasteiger partial charge on any atom is 0.244 e. The summed E-state index contributed by atoms with van der Waals surface area (Å²) in [4.78, 5) is 9.42. The number of hydrogen-bond acceptors (Lipinski definition) is 5. The third-order valence-electron chi connectivity index (χ3n) is 5.37. The number of piperazine rings is 1. The molecule has 2 fully saturated rings. The first kappa shape index (κ1) is 21.0. The van der Waals surface area contributed by atoms with Crippen LogP contribution in [0.3, 0.4) is 0 Å². The molecular weight excluding hydrogens is 396 g/mol. The molecule has 3 heterocycles. The first-order valence-corrected chi connectivity index (χ1v) is 11.0. The van der Waals surface area contributed by atoms with E-state index in [2.05, 4.69) is 39.0 Å². The summed E-state index contributed by atoms with van der Waals surface area (Å²) in [5.41, 5.74) is 1.33. The number of halogens is 1. The van der Waals surface area contributed by atoms with Gasteiger partial charge in [0.1, 0.15) is 10.7 Å². The van der Waals surface area contributed by atoms with Gasteiger partial charge in [-0.05, 0) is 30.5 Å². The van der Waals surface area contributed by atoms with E-state index in [9.17, 15) is 8.42 Å². The van der Waals surface area contributed by atoms with Crippen LogP contribution in [0.25, 0.3) is 0 Å². The van der Waals surface area contributed by atoms with Crippen LogP contribution in [0.15, 0.2) is 53.6 Å². The maximum atomic E-state index is 12.6. The van der Waals surface area contributed by atoms with Crippen molar-refractivity contribution in [1.82, 2.24) is 14.2 Å². The normalized spacial score (nSPS) is 18.8. The van der Waals surface area contributed by atoms with Gasteiger partial charge in [-0.2, -0.15) is 4.31 Å². The molecule has 0 aliphatic carbocycles. The minimum atomic E-state index is -3.39. The molecule has 0 atom stereocenters. The molecule has 1 aromatic carbocycles. The van der Waals surface area contributed by atoms with Crippen LogP contribution in [0, 0.1) is 0 Å². The first-order chi connectivity index (χ1) is 13.1. The van der Waals surface area contributed by atoms with Crippen LogP contribution in [0.2, 0.25) is 0 Å². The quantitative estimate of drug-likeness (QED) is 0.741. The molecule has 28 heavy (non-hydrogen) atoms. The summed E-state index contributed by atoms with van der Waals surface area (Å²) < 4.78 is 26.8. The minimum Gasteiger partial charge on any atom is -0.354 e. The fraction of sp³-hybridized carbons (Fsp3) is 0.450. The third kappa shape index (κ3) is 4.66. The highest BCUT2D eigenvalue weighted by Gasteiger charge is 2.27. The average molecular weight is 423 g/mol. The predicted molar refractivity (Wildman–Crippen MR) is 113 cm³/mol. The van der Waals surface area contributed by atoms with Crippen molar-refractivity contribution in [3.8, 4) is 0 Å². The summed E-state index contributed by atoms with van der Waals surface area (Å²) in [6.07, 6.45) is 3.40. The smallest absolute Gasteiger partial charge is 0.244 e. The Hall–Kier alpha value is -1.67. The Balaban J connectivity index is 0.00000225. The lowest BCUT2D eigenvalue weighted by molar-refractivity contribution is 0.249. The van der Waals surface area contributed by atoms with E-state index in [4.69, 9.17) is 0 Å². The molecule has 2 aromatic rings. The molecule has 0 N–H and O–H groups in total. The number of rotatable bonds is 5. The largest absolute Gasteiger partial charge is 0.354 e. The second kappa shape index (κ2) is 9.22. The molecular formula is C20H27ClN4O2S. The molecule has 2 aliphatic heterocycles. The van der Waals surface area contributed by atoms with Gasteiger partial charge in [-0.15, -0.1) is 12.4 Å². The fourth-order valence-corrected chi connectivity index (χ4v) is 5.23. The van der Waals surface area contributed by atoms with E-state index in [0.717, 1.165) is 51.4 Å². The lowest BCUT2D eigenvalue weighted by atomic mass is 10.2. The summed E-state index contributed by atoms with van der Waals surface area (Å²) >= 11 is 0. The number of hydrogen-bond donors (Lipinski definition) is 0. The number of pyridine rings is 1. The first-order valence-electron chi connectivity index (χ1n) is 9.60. The van der Waals surface area contributed by atoms with Gasteiger partial charge in [0, 0.05) is 52.0 Å².